The van der Waals surface area contributed by atoms with Crippen LogP contribution in [0.5, 0.6) is 5.75 Å². The van der Waals surface area contributed by atoms with Crippen LogP contribution in [0.3, 0.4) is 0 Å². The van der Waals surface area contributed by atoms with Crippen LogP contribution in [0.25, 0.3) is 0 Å². The molecule has 0 aliphatic carbocycles. The lowest BCUT2D eigenvalue weighted by Crippen LogP contribution is -2.15. The summed E-state index contributed by atoms with van der Waals surface area (Å²) in [7, 11) is 0. The first-order valence-electron chi connectivity index (χ1n) is 5.49. The Labute approximate surface area is 96.4 Å². The summed E-state index contributed by atoms with van der Waals surface area (Å²) >= 11 is 0. The third-order valence-electron chi connectivity index (χ3n) is 1.97. The number of hydrogen-bond acceptors (Lipinski definition) is 3. The number of rotatable bonds is 7. The van der Waals surface area contributed by atoms with Crippen molar-refractivity contribution in [3.63, 3.8) is 0 Å². The van der Waals surface area contributed by atoms with Crippen molar-refractivity contribution in [1.82, 2.24) is 0 Å². The van der Waals surface area contributed by atoms with Crippen molar-refractivity contribution < 1.29 is 14.3 Å². The Morgan fingerprint density at radius 1 is 1.25 bits per heavy atom. The van der Waals surface area contributed by atoms with Gasteiger partial charge in [-0.1, -0.05) is 18.2 Å². The molecular weight excluding hydrogens is 204 g/mol. The molecule has 3 heteroatoms. The summed E-state index contributed by atoms with van der Waals surface area (Å²) in [6, 6.07) is 9.47. The summed E-state index contributed by atoms with van der Waals surface area (Å²) in [5.74, 6) is 0.865. The molecule has 0 aromatic heterocycles. The lowest BCUT2D eigenvalue weighted by Gasteiger charge is -2.07. The fourth-order valence-corrected chi connectivity index (χ4v) is 1.13. The van der Waals surface area contributed by atoms with Crippen molar-refractivity contribution >= 4 is 5.78 Å². The largest absolute Gasteiger partial charge is 0.493 e. The monoisotopic (exact) mass is 222 g/mol. The van der Waals surface area contributed by atoms with Crippen LogP contribution < -0.4 is 4.74 Å². The molecule has 0 spiro atoms. The minimum absolute atomic E-state index is 0.0737. The Hall–Kier alpha value is -1.35. The minimum Gasteiger partial charge on any atom is -0.493 e. The van der Waals surface area contributed by atoms with E-state index in [-0.39, 0.29) is 18.5 Å². The average Bonchev–Trinajstić information content (AvgIpc) is 2.28. The van der Waals surface area contributed by atoms with E-state index in [1.54, 1.807) is 0 Å². The van der Waals surface area contributed by atoms with Crippen LogP contribution in [0.2, 0.25) is 0 Å². The second kappa shape index (κ2) is 7.01. The molecule has 0 amide bonds. The zero-order chi connectivity index (χ0) is 11.8. The van der Waals surface area contributed by atoms with Crippen molar-refractivity contribution in [2.24, 2.45) is 0 Å². The predicted molar refractivity (Wildman–Crippen MR) is 62.6 cm³/mol. The van der Waals surface area contributed by atoms with Gasteiger partial charge in [0.05, 0.1) is 12.7 Å². The van der Waals surface area contributed by atoms with Gasteiger partial charge in [0.15, 0.2) is 5.78 Å². The maximum atomic E-state index is 11.3. The molecule has 0 fully saturated rings. The quantitative estimate of drug-likeness (QED) is 0.711. The van der Waals surface area contributed by atoms with Crippen molar-refractivity contribution in [2.45, 2.75) is 26.4 Å². The molecule has 0 saturated heterocycles. The van der Waals surface area contributed by atoms with Crippen LogP contribution >= 0.6 is 0 Å². The lowest BCUT2D eigenvalue weighted by molar-refractivity contribution is -0.125. The number of ether oxygens (including phenoxy) is 2. The summed E-state index contributed by atoms with van der Waals surface area (Å²) in [6.07, 6.45) is 0.487. The molecule has 0 aliphatic heterocycles. The number of Topliss-reactive ketones (excluding diaryl/α,β-unsaturated/α-hetero) is 1. The molecule has 0 atom stereocenters. The summed E-state index contributed by atoms with van der Waals surface area (Å²) < 4.78 is 10.6. The fraction of sp³-hybridized carbons (Fsp3) is 0.462. The zero-order valence-corrected chi connectivity index (χ0v) is 9.81. The van der Waals surface area contributed by atoms with E-state index in [0.29, 0.717) is 13.0 Å². The van der Waals surface area contributed by atoms with Gasteiger partial charge in [-0.3, -0.25) is 4.79 Å². The molecule has 88 valence electrons. The molecule has 16 heavy (non-hydrogen) atoms. The minimum atomic E-state index is 0.0737. The Bertz CT molecular complexity index is 306. The van der Waals surface area contributed by atoms with Gasteiger partial charge < -0.3 is 9.47 Å². The van der Waals surface area contributed by atoms with Crippen LogP contribution in [0.15, 0.2) is 30.3 Å². The second-order valence-corrected chi connectivity index (χ2v) is 3.81. The molecule has 0 N–H and O–H groups in total. The van der Waals surface area contributed by atoms with Crippen LogP contribution in [-0.2, 0) is 9.53 Å². The molecule has 1 rings (SSSR count). The van der Waals surface area contributed by atoms with E-state index in [1.165, 1.54) is 0 Å². The van der Waals surface area contributed by atoms with E-state index >= 15 is 0 Å². The standard InChI is InChI=1S/C13H18O3/c1-11(2)16-10-12(14)8-9-15-13-6-4-3-5-7-13/h3-7,11H,8-10H2,1-2H3. The first-order chi connectivity index (χ1) is 7.68. The Balaban J connectivity index is 2.13. The Morgan fingerprint density at radius 2 is 1.94 bits per heavy atom. The Morgan fingerprint density at radius 3 is 2.56 bits per heavy atom. The van der Waals surface area contributed by atoms with Crippen LogP contribution in [0.4, 0.5) is 0 Å². The van der Waals surface area contributed by atoms with E-state index in [1.807, 2.05) is 44.2 Å². The highest BCUT2D eigenvalue weighted by Gasteiger charge is 2.04. The highest BCUT2D eigenvalue weighted by Crippen LogP contribution is 2.08. The van der Waals surface area contributed by atoms with Gasteiger partial charge in [0.25, 0.3) is 0 Å². The van der Waals surface area contributed by atoms with Crippen LogP contribution in [0.1, 0.15) is 20.3 Å². The molecule has 3 nitrogen and oxygen atoms in total. The van der Waals surface area contributed by atoms with Crippen molar-refractivity contribution in [1.29, 1.82) is 0 Å². The number of ketones is 1. The summed E-state index contributed by atoms with van der Waals surface area (Å²) in [6.45, 7) is 4.40. The molecule has 0 radical (unpaired) electrons. The van der Waals surface area contributed by atoms with Crippen molar-refractivity contribution in [3.8, 4) is 5.75 Å². The van der Waals surface area contributed by atoms with Gasteiger partial charge in [-0.25, -0.2) is 0 Å². The van der Waals surface area contributed by atoms with E-state index in [0.717, 1.165) is 5.75 Å². The Kier molecular flexibility index (Phi) is 5.57. The molecular formula is C13H18O3. The average molecular weight is 222 g/mol. The van der Waals surface area contributed by atoms with Crippen LogP contribution in [0, 0.1) is 0 Å². The van der Waals surface area contributed by atoms with Gasteiger partial charge in [0.2, 0.25) is 0 Å². The smallest absolute Gasteiger partial charge is 0.161 e. The summed E-state index contributed by atoms with van der Waals surface area (Å²) in [5, 5.41) is 0. The number of hydrogen-bond donors (Lipinski definition) is 0. The van der Waals surface area contributed by atoms with Crippen molar-refractivity contribution in [2.75, 3.05) is 13.2 Å². The number of carbonyl (C=O) groups is 1. The van der Waals surface area contributed by atoms with E-state index in [9.17, 15) is 4.79 Å². The van der Waals surface area contributed by atoms with Crippen LogP contribution in [-0.4, -0.2) is 25.1 Å². The zero-order valence-electron chi connectivity index (χ0n) is 9.81. The summed E-state index contributed by atoms with van der Waals surface area (Å²) in [5.41, 5.74) is 0. The maximum Gasteiger partial charge on any atom is 0.161 e. The van der Waals surface area contributed by atoms with E-state index in [2.05, 4.69) is 0 Å². The first-order valence-corrected chi connectivity index (χ1v) is 5.49. The topological polar surface area (TPSA) is 35.5 Å². The number of carbonyl (C=O) groups excluding carboxylic acids is 1. The van der Waals surface area contributed by atoms with Gasteiger partial charge in [-0.05, 0) is 26.0 Å². The van der Waals surface area contributed by atoms with Gasteiger partial charge in [0.1, 0.15) is 12.4 Å². The van der Waals surface area contributed by atoms with E-state index < -0.39 is 0 Å². The normalized spacial score (nSPS) is 10.4. The lowest BCUT2D eigenvalue weighted by atomic mass is 10.3. The highest BCUT2D eigenvalue weighted by atomic mass is 16.5. The highest BCUT2D eigenvalue weighted by molar-refractivity contribution is 5.79. The molecule has 1 aromatic rings. The molecule has 0 saturated carbocycles. The van der Waals surface area contributed by atoms with Crippen molar-refractivity contribution in [3.05, 3.63) is 30.3 Å². The third-order valence-corrected chi connectivity index (χ3v) is 1.97. The van der Waals surface area contributed by atoms with Gasteiger partial charge in [-0.2, -0.15) is 0 Å². The number of benzene rings is 1. The van der Waals surface area contributed by atoms with E-state index in [4.69, 9.17) is 9.47 Å². The number of para-hydroxylation sites is 1. The predicted octanol–water partition coefficient (Wildman–Crippen LogP) is 2.45. The SMILES string of the molecule is CC(C)OCC(=O)CCOc1ccccc1. The first kappa shape index (κ1) is 12.7. The third kappa shape index (κ3) is 5.51. The maximum absolute atomic E-state index is 11.3. The van der Waals surface area contributed by atoms with Gasteiger partial charge in [0, 0.05) is 6.42 Å². The molecule has 0 bridgehead atoms. The molecule has 1 aromatic carbocycles. The molecule has 0 aliphatic rings. The molecule has 0 unspecified atom stereocenters. The fourth-order valence-electron chi connectivity index (χ4n) is 1.13. The van der Waals surface area contributed by atoms with Gasteiger partial charge in [-0.15, -0.1) is 0 Å². The summed E-state index contributed by atoms with van der Waals surface area (Å²) in [4.78, 5) is 11.3. The van der Waals surface area contributed by atoms with Gasteiger partial charge >= 0.3 is 0 Å². The molecule has 0 heterocycles. The second-order valence-electron chi connectivity index (χ2n) is 3.81.